The molecule has 0 bridgehead atoms. The Morgan fingerprint density at radius 3 is 2.45 bits per heavy atom. The van der Waals surface area contributed by atoms with Gasteiger partial charge in [-0.3, -0.25) is 9.63 Å². The van der Waals surface area contributed by atoms with Crippen molar-refractivity contribution in [3.8, 4) is 5.75 Å². The number of aryl methyl sites for hydroxylation is 1. The summed E-state index contributed by atoms with van der Waals surface area (Å²) in [6.07, 6.45) is 4.09. The number of carbonyl (C=O) groups excluding carboxylic acids is 1. The van der Waals surface area contributed by atoms with E-state index in [2.05, 4.69) is 32.7 Å². The SMILES string of the molecule is C.C=CCOc1c(C)cccc1CN1OC(CO)C(CO)C1C(=O)N[C@H]1CCC(C)(C)CC1C.CC.CC. The van der Waals surface area contributed by atoms with Crippen LogP contribution in [0.15, 0.2) is 30.9 Å². The smallest absolute Gasteiger partial charge is 0.240 e. The van der Waals surface area contributed by atoms with Gasteiger partial charge in [0.05, 0.1) is 19.8 Å². The average molecular weight is 537 g/mol. The largest absolute Gasteiger partial charge is 0.489 e. The summed E-state index contributed by atoms with van der Waals surface area (Å²) >= 11 is 0. The van der Waals surface area contributed by atoms with Crippen molar-refractivity contribution in [1.82, 2.24) is 10.4 Å². The van der Waals surface area contributed by atoms with Gasteiger partial charge in [0.15, 0.2) is 0 Å². The third kappa shape index (κ3) is 9.37. The van der Waals surface area contributed by atoms with Crippen LogP contribution in [0.4, 0.5) is 0 Å². The highest BCUT2D eigenvalue weighted by Gasteiger charge is 2.48. The number of nitrogens with zero attached hydrogens (tertiary/aromatic N) is 1. The Labute approximate surface area is 232 Å². The van der Waals surface area contributed by atoms with Crippen LogP contribution in [0, 0.1) is 24.2 Å². The summed E-state index contributed by atoms with van der Waals surface area (Å²) in [7, 11) is 0. The number of hydrogen-bond acceptors (Lipinski definition) is 6. The standard InChI is InChI=1S/C26H40N2O5.2C2H6.CH4/c1-6-12-32-24-17(2)8-7-9-19(24)14-28-23(20(15-29)22(16-30)33-28)25(31)27-21-10-11-26(4,5)13-18(21)3;2*1-2;/h6-9,18,20-23,29-30H,1,10-16H2,2-5H3,(H,27,31);2*1-2H3;1H4/t18?,20?,21-,22?,23?;;;/m0.../s1. The number of nitrogens with one attached hydrogen (secondary N) is 1. The first-order valence-corrected chi connectivity index (χ1v) is 14.0. The predicted octanol–water partition coefficient (Wildman–Crippen LogP) is 5.66. The van der Waals surface area contributed by atoms with Crippen molar-refractivity contribution in [2.75, 3.05) is 19.8 Å². The maximum Gasteiger partial charge on any atom is 0.240 e. The maximum atomic E-state index is 13.5. The van der Waals surface area contributed by atoms with E-state index in [9.17, 15) is 15.0 Å². The fourth-order valence-corrected chi connectivity index (χ4v) is 5.37. The van der Waals surface area contributed by atoms with Crippen LogP contribution in [0.5, 0.6) is 5.75 Å². The highest BCUT2D eigenvalue weighted by Crippen LogP contribution is 2.39. The zero-order valence-electron chi connectivity index (χ0n) is 24.4. The van der Waals surface area contributed by atoms with E-state index in [1.54, 1.807) is 11.1 Å². The van der Waals surface area contributed by atoms with E-state index in [1.807, 2.05) is 52.8 Å². The van der Waals surface area contributed by atoms with Gasteiger partial charge in [0.1, 0.15) is 24.5 Å². The van der Waals surface area contributed by atoms with Gasteiger partial charge in [0.25, 0.3) is 0 Å². The van der Waals surface area contributed by atoms with Crippen LogP contribution in [0.2, 0.25) is 0 Å². The Bertz CT molecular complexity index is 828. The molecule has 1 aromatic carbocycles. The first-order chi connectivity index (χ1) is 17.7. The second-order valence-corrected chi connectivity index (χ2v) is 10.4. The number of ether oxygens (including phenoxy) is 1. The van der Waals surface area contributed by atoms with Crippen molar-refractivity contribution >= 4 is 5.91 Å². The summed E-state index contributed by atoms with van der Waals surface area (Å²) < 4.78 is 5.88. The minimum atomic E-state index is -0.706. The van der Waals surface area contributed by atoms with E-state index < -0.39 is 18.1 Å². The Morgan fingerprint density at radius 1 is 1.24 bits per heavy atom. The molecule has 0 spiro atoms. The van der Waals surface area contributed by atoms with Crippen molar-refractivity contribution in [3.05, 3.63) is 42.0 Å². The normalized spacial score (nSPS) is 26.0. The quantitative estimate of drug-likeness (QED) is 0.353. The lowest BCUT2D eigenvalue weighted by Crippen LogP contribution is -2.53. The number of hydroxylamine groups is 2. The molecular formula is C31H56N2O5. The molecule has 1 heterocycles. The molecular weight excluding hydrogens is 480 g/mol. The summed E-state index contributed by atoms with van der Waals surface area (Å²) in [5.74, 6) is 0.414. The van der Waals surface area contributed by atoms with E-state index in [4.69, 9.17) is 9.57 Å². The number of aliphatic hydroxyl groups is 2. The Morgan fingerprint density at radius 2 is 1.89 bits per heavy atom. The lowest BCUT2D eigenvalue weighted by atomic mass is 9.70. The van der Waals surface area contributed by atoms with Crippen molar-refractivity contribution in [2.45, 2.75) is 107 Å². The topological polar surface area (TPSA) is 91.3 Å². The monoisotopic (exact) mass is 536 g/mol. The molecule has 3 rings (SSSR count). The summed E-state index contributed by atoms with van der Waals surface area (Å²) in [4.78, 5) is 19.5. The van der Waals surface area contributed by atoms with Gasteiger partial charge in [-0.1, -0.05) is 86.7 Å². The Hall–Kier alpha value is -1.93. The summed E-state index contributed by atoms with van der Waals surface area (Å²) in [5, 5.41) is 24.8. The number of hydrogen-bond donors (Lipinski definition) is 3. The van der Waals surface area contributed by atoms with Crippen molar-refractivity contribution < 1.29 is 24.6 Å². The number of benzene rings is 1. The molecule has 7 nitrogen and oxygen atoms in total. The van der Waals surface area contributed by atoms with Gasteiger partial charge < -0.3 is 20.3 Å². The lowest BCUT2D eigenvalue weighted by molar-refractivity contribution is -0.182. The number of carbonyl (C=O) groups is 1. The fourth-order valence-electron chi connectivity index (χ4n) is 5.37. The van der Waals surface area contributed by atoms with E-state index in [0.717, 1.165) is 36.1 Å². The molecule has 3 N–H and O–H groups in total. The first kappa shape index (κ1) is 36.1. The van der Waals surface area contributed by atoms with Crippen LogP contribution < -0.4 is 10.1 Å². The van der Waals surface area contributed by atoms with Gasteiger partial charge >= 0.3 is 0 Å². The van der Waals surface area contributed by atoms with Crippen LogP contribution in [-0.2, 0) is 16.2 Å². The zero-order chi connectivity index (χ0) is 28.2. The maximum absolute atomic E-state index is 13.5. The van der Waals surface area contributed by atoms with E-state index in [-0.39, 0.29) is 38.0 Å². The molecule has 1 aliphatic carbocycles. The van der Waals surface area contributed by atoms with Crippen molar-refractivity contribution in [2.24, 2.45) is 17.3 Å². The molecule has 0 aromatic heterocycles. The first-order valence-electron chi connectivity index (χ1n) is 14.0. The van der Waals surface area contributed by atoms with Gasteiger partial charge in [-0.25, -0.2) is 0 Å². The number of rotatable bonds is 9. The highest BCUT2D eigenvalue weighted by atomic mass is 16.7. The number of aliphatic hydroxyl groups excluding tert-OH is 2. The third-order valence-electron chi connectivity index (χ3n) is 7.11. The fraction of sp³-hybridized carbons (Fsp3) is 0.710. The van der Waals surface area contributed by atoms with Gasteiger partial charge in [-0.05, 0) is 43.1 Å². The third-order valence-corrected chi connectivity index (χ3v) is 7.11. The molecule has 0 radical (unpaired) electrons. The molecule has 7 heteroatoms. The molecule has 4 unspecified atom stereocenters. The molecule has 1 aromatic rings. The molecule has 1 saturated heterocycles. The number of para-hydroxylation sites is 1. The van der Waals surface area contributed by atoms with E-state index >= 15 is 0 Å². The number of amides is 1. The Balaban J connectivity index is 0.00000261. The van der Waals surface area contributed by atoms with Gasteiger partial charge in [0.2, 0.25) is 5.91 Å². The Kier molecular flexibility index (Phi) is 16.7. The minimum Gasteiger partial charge on any atom is -0.489 e. The van der Waals surface area contributed by atoms with Crippen LogP contribution in [0.25, 0.3) is 0 Å². The van der Waals surface area contributed by atoms with Crippen LogP contribution in [0.3, 0.4) is 0 Å². The molecule has 1 amide bonds. The van der Waals surface area contributed by atoms with Gasteiger partial charge in [-0.15, -0.1) is 0 Å². The molecule has 220 valence electrons. The summed E-state index contributed by atoms with van der Waals surface area (Å²) in [5.41, 5.74) is 2.13. The molecule has 5 atom stereocenters. The predicted molar refractivity (Wildman–Crippen MR) is 157 cm³/mol. The molecule has 1 aliphatic heterocycles. The lowest BCUT2D eigenvalue weighted by Gasteiger charge is -2.40. The summed E-state index contributed by atoms with van der Waals surface area (Å²) in [6.45, 7) is 20.6. The van der Waals surface area contributed by atoms with Crippen molar-refractivity contribution in [1.29, 1.82) is 0 Å². The van der Waals surface area contributed by atoms with Gasteiger partial charge in [-0.2, -0.15) is 5.06 Å². The second-order valence-electron chi connectivity index (χ2n) is 10.4. The van der Waals surface area contributed by atoms with E-state index in [0.29, 0.717) is 19.1 Å². The van der Waals surface area contributed by atoms with E-state index in [1.165, 1.54) is 0 Å². The van der Waals surface area contributed by atoms with Crippen LogP contribution in [0.1, 0.15) is 86.3 Å². The molecule has 38 heavy (non-hydrogen) atoms. The van der Waals surface area contributed by atoms with Crippen molar-refractivity contribution in [3.63, 3.8) is 0 Å². The second kappa shape index (κ2) is 17.6. The molecule has 1 saturated carbocycles. The average Bonchev–Trinajstić information content (AvgIpc) is 3.25. The molecule has 2 fully saturated rings. The van der Waals surface area contributed by atoms with Crippen LogP contribution in [-0.4, -0.2) is 59.2 Å². The van der Waals surface area contributed by atoms with Gasteiger partial charge in [0, 0.05) is 17.5 Å². The zero-order valence-corrected chi connectivity index (χ0v) is 24.4. The molecule has 2 aliphatic rings. The van der Waals surface area contributed by atoms with Crippen LogP contribution >= 0.6 is 0 Å². The summed E-state index contributed by atoms with van der Waals surface area (Å²) in [6, 6.07) is 5.23. The highest BCUT2D eigenvalue weighted by molar-refractivity contribution is 5.82. The minimum absolute atomic E-state index is 0.